The van der Waals surface area contributed by atoms with Gasteiger partial charge in [-0.15, -0.1) is 0 Å². The van der Waals surface area contributed by atoms with Gasteiger partial charge in [-0.2, -0.15) is 0 Å². The van der Waals surface area contributed by atoms with Crippen LogP contribution < -0.4 is 22.3 Å². The second-order valence-corrected chi connectivity index (χ2v) is 4.67. The van der Waals surface area contributed by atoms with Gasteiger partial charge in [-0.1, -0.05) is 0 Å². The molecule has 0 amide bonds. The predicted octanol–water partition coefficient (Wildman–Crippen LogP) is -1.55. The maximum atomic E-state index is 12.2. The molecule has 0 aliphatic rings. The molecule has 9 nitrogen and oxygen atoms in total. The molecule has 2 aromatic heterocycles. The van der Waals surface area contributed by atoms with Crippen molar-refractivity contribution in [3.63, 3.8) is 0 Å². The van der Waals surface area contributed by atoms with E-state index in [1.54, 1.807) is 18.7 Å². The van der Waals surface area contributed by atoms with Crippen LogP contribution in [0.25, 0.3) is 11.2 Å². The van der Waals surface area contributed by atoms with E-state index in [-0.39, 0.29) is 5.52 Å². The van der Waals surface area contributed by atoms with Crippen LogP contribution in [-0.4, -0.2) is 45.5 Å². The zero-order chi connectivity index (χ0) is 15.6. The number of fused-ring (bicyclic) bond motifs is 1. The van der Waals surface area contributed by atoms with Gasteiger partial charge < -0.3 is 15.8 Å². The molecule has 9 heteroatoms. The maximum Gasteiger partial charge on any atom is 0.332 e. The summed E-state index contributed by atoms with van der Waals surface area (Å²) in [5, 5.41) is 3.06. The molecule has 0 spiro atoms. The third-order valence-corrected chi connectivity index (χ3v) is 3.29. The molecule has 0 aliphatic heterocycles. The molecule has 0 saturated carbocycles. The van der Waals surface area contributed by atoms with Crippen molar-refractivity contribution in [2.24, 2.45) is 19.8 Å². The van der Waals surface area contributed by atoms with Crippen LogP contribution in [0.1, 0.15) is 0 Å². The van der Waals surface area contributed by atoms with Gasteiger partial charge in [0.2, 0.25) is 5.95 Å². The van der Waals surface area contributed by atoms with Gasteiger partial charge in [0, 0.05) is 34.3 Å². The van der Waals surface area contributed by atoms with Crippen LogP contribution in [0.2, 0.25) is 0 Å². The fourth-order valence-electron chi connectivity index (χ4n) is 2.20. The largest absolute Gasteiger partial charge is 0.383 e. The van der Waals surface area contributed by atoms with Crippen molar-refractivity contribution in [1.82, 2.24) is 18.7 Å². The van der Waals surface area contributed by atoms with Gasteiger partial charge in [0.15, 0.2) is 11.2 Å². The van der Waals surface area contributed by atoms with Gasteiger partial charge in [-0.25, -0.2) is 9.78 Å². The molecule has 0 radical (unpaired) electrons. The minimum Gasteiger partial charge on any atom is -0.383 e. The van der Waals surface area contributed by atoms with Gasteiger partial charge >= 0.3 is 5.69 Å². The SMILES string of the molecule is COCCn1c(NCCN)nc2c(=O)n(C)c(=O)n(C)c21. The highest BCUT2D eigenvalue weighted by Crippen LogP contribution is 2.15. The van der Waals surface area contributed by atoms with Gasteiger partial charge in [0.1, 0.15) is 0 Å². The highest BCUT2D eigenvalue weighted by molar-refractivity contribution is 5.74. The van der Waals surface area contributed by atoms with Crippen molar-refractivity contribution in [2.45, 2.75) is 6.54 Å². The van der Waals surface area contributed by atoms with E-state index in [1.807, 2.05) is 0 Å². The summed E-state index contributed by atoms with van der Waals surface area (Å²) in [7, 11) is 4.64. The molecule has 0 fully saturated rings. The van der Waals surface area contributed by atoms with E-state index >= 15 is 0 Å². The van der Waals surface area contributed by atoms with Gasteiger partial charge in [0.25, 0.3) is 5.56 Å². The summed E-state index contributed by atoms with van der Waals surface area (Å²) >= 11 is 0. The smallest absolute Gasteiger partial charge is 0.332 e. The Morgan fingerprint density at radius 3 is 2.62 bits per heavy atom. The van der Waals surface area contributed by atoms with Crippen molar-refractivity contribution < 1.29 is 4.74 Å². The Labute approximate surface area is 120 Å². The summed E-state index contributed by atoms with van der Waals surface area (Å²) in [4.78, 5) is 28.6. The molecule has 3 N–H and O–H groups in total. The molecule has 0 unspecified atom stereocenters. The minimum absolute atomic E-state index is 0.246. The van der Waals surface area contributed by atoms with E-state index in [9.17, 15) is 9.59 Å². The summed E-state index contributed by atoms with van der Waals surface area (Å²) in [6.45, 7) is 1.86. The summed E-state index contributed by atoms with van der Waals surface area (Å²) in [6.07, 6.45) is 0. The molecule has 0 atom stereocenters. The molecule has 0 aliphatic carbocycles. The molecular formula is C12H20N6O3. The lowest BCUT2D eigenvalue weighted by atomic mass is 10.5. The van der Waals surface area contributed by atoms with E-state index in [0.29, 0.717) is 37.8 Å². The number of nitrogens with one attached hydrogen (secondary N) is 1. The lowest BCUT2D eigenvalue weighted by Crippen LogP contribution is -2.37. The Balaban J connectivity index is 2.74. The van der Waals surface area contributed by atoms with Crippen LogP contribution >= 0.6 is 0 Å². The molecule has 2 heterocycles. The number of aryl methyl sites for hydroxylation is 1. The predicted molar refractivity (Wildman–Crippen MR) is 79.6 cm³/mol. The summed E-state index contributed by atoms with van der Waals surface area (Å²) in [5.74, 6) is 0.505. The third-order valence-electron chi connectivity index (χ3n) is 3.29. The lowest BCUT2D eigenvalue weighted by molar-refractivity contribution is 0.188. The molecule has 0 bridgehead atoms. The van der Waals surface area contributed by atoms with E-state index < -0.39 is 11.2 Å². The second kappa shape index (κ2) is 6.10. The number of imidazole rings is 1. The van der Waals surface area contributed by atoms with Gasteiger partial charge in [-0.3, -0.25) is 18.5 Å². The first-order chi connectivity index (χ1) is 10.0. The normalized spacial score (nSPS) is 11.2. The van der Waals surface area contributed by atoms with Crippen LogP contribution in [0, 0.1) is 0 Å². The monoisotopic (exact) mass is 296 g/mol. The molecule has 0 aromatic carbocycles. The first kappa shape index (κ1) is 15.3. The highest BCUT2D eigenvalue weighted by atomic mass is 16.5. The number of rotatable bonds is 6. The quantitative estimate of drug-likeness (QED) is 0.668. The maximum absolute atomic E-state index is 12.2. The number of hydrogen-bond acceptors (Lipinski definition) is 6. The van der Waals surface area contributed by atoms with Crippen molar-refractivity contribution >= 4 is 17.1 Å². The first-order valence-electron chi connectivity index (χ1n) is 6.62. The average molecular weight is 296 g/mol. The zero-order valence-corrected chi connectivity index (χ0v) is 12.4. The molecule has 21 heavy (non-hydrogen) atoms. The Morgan fingerprint density at radius 2 is 2.00 bits per heavy atom. The van der Waals surface area contributed by atoms with E-state index in [0.717, 1.165) is 4.57 Å². The summed E-state index contributed by atoms with van der Waals surface area (Å²) in [5.41, 5.74) is 5.39. The lowest BCUT2D eigenvalue weighted by Gasteiger charge is -2.11. The van der Waals surface area contributed by atoms with Crippen LogP contribution in [0.3, 0.4) is 0 Å². The second-order valence-electron chi connectivity index (χ2n) is 4.67. The van der Waals surface area contributed by atoms with Crippen molar-refractivity contribution in [2.75, 3.05) is 32.1 Å². The standard InChI is InChI=1S/C12H20N6O3/c1-16-9-8(10(19)17(2)12(16)20)15-11(14-5-4-13)18(9)6-7-21-3/h4-7,13H2,1-3H3,(H,14,15). The summed E-state index contributed by atoms with van der Waals surface area (Å²) < 4.78 is 9.29. The van der Waals surface area contributed by atoms with Crippen LogP contribution in [0.15, 0.2) is 9.59 Å². The number of nitrogens with zero attached hydrogens (tertiary/aromatic N) is 4. The van der Waals surface area contributed by atoms with Crippen LogP contribution in [-0.2, 0) is 25.4 Å². The molecule has 0 saturated heterocycles. The van der Waals surface area contributed by atoms with Gasteiger partial charge in [0.05, 0.1) is 13.2 Å². The Hall–Kier alpha value is -2.13. The number of methoxy groups -OCH3 is 1. The van der Waals surface area contributed by atoms with E-state index in [1.165, 1.54) is 11.6 Å². The summed E-state index contributed by atoms with van der Waals surface area (Å²) in [6, 6.07) is 0. The van der Waals surface area contributed by atoms with Crippen LogP contribution in [0.5, 0.6) is 0 Å². The van der Waals surface area contributed by atoms with Crippen LogP contribution in [0.4, 0.5) is 5.95 Å². The van der Waals surface area contributed by atoms with Crippen molar-refractivity contribution in [3.05, 3.63) is 20.8 Å². The average Bonchev–Trinajstić information content (AvgIpc) is 2.85. The van der Waals surface area contributed by atoms with E-state index in [4.69, 9.17) is 10.5 Å². The Bertz CT molecular complexity index is 757. The van der Waals surface area contributed by atoms with Crippen molar-refractivity contribution in [3.8, 4) is 0 Å². The fourth-order valence-corrected chi connectivity index (χ4v) is 2.20. The topological polar surface area (TPSA) is 109 Å². The third kappa shape index (κ3) is 2.57. The first-order valence-corrected chi connectivity index (χ1v) is 6.62. The van der Waals surface area contributed by atoms with Gasteiger partial charge in [-0.05, 0) is 0 Å². The molecule has 116 valence electrons. The number of ether oxygens (including phenoxy) is 1. The Kier molecular flexibility index (Phi) is 4.43. The number of hydrogen-bond donors (Lipinski definition) is 2. The van der Waals surface area contributed by atoms with Crippen molar-refractivity contribution in [1.29, 1.82) is 0 Å². The number of nitrogens with two attached hydrogens (primary N) is 1. The Morgan fingerprint density at radius 1 is 1.29 bits per heavy atom. The number of aromatic nitrogens is 4. The molecular weight excluding hydrogens is 276 g/mol. The minimum atomic E-state index is -0.417. The molecule has 2 rings (SSSR count). The zero-order valence-electron chi connectivity index (χ0n) is 12.4. The fraction of sp³-hybridized carbons (Fsp3) is 0.583. The molecule has 2 aromatic rings. The highest BCUT2D eigenvalue weighted by Gasteiger charge is 2.18. The number of anilines is 1. The van der Waals surface area contributed by atoms with E-state index in [2.05, 4.69) is 10.3 Å².